The zero-order valence-corrected chi connectivity index (χ0v) is 18.4. The molecule has 0 bridgehead atoms. The third-order valence-corrected chi connectivity index (χ3v) is 6.10. The molecule has 33 heavy (non-hydrogen) atoms. The van der Waals surface area contributed by atoms with Crippen molar-refractivity contribution in [3.05, 3.63) is 83.4 Å². The molecule has 8 nitrogen and oxygen atoms in total. The molecule has 0 aliphatic heterocycles. The summed E-state index contributed by atoms with van der Waals surface area (Å²) >= 11 is 0. The summed E-state index contributed by atoms with van der Waals surface area (Å²) in [4.78, 5) is 25.3. The van der Waals surface area contributed by atoms with E-state index in [0.717, 1.165) is 55.8 Å². The maximum absolute atomic E-state index is 13.3. The number of pyridine rings is 1. The summed E-state index contributed by atoms with van der Waals surface area (Å²) in [6.07, 6.45) is 7.20. The summed E-state index contributed by atoms with van der Waals surface area (Å²) in [7, 11) is 3.63. The monoisotopic (exact) mass is 435 g/mol. The highest BCUT2D eigenvalue weighted by Gasteiger charge is 2.19. The van der Waals surface area contributed by atoms with Crippen LogP contribution in [0.15, 0.2) is 72.0 Å². The lowest BCUT2D eigenvalue weighted by molar-refractivity contribution is 0.756. The van der Waals surface area contributed by atoms with Gasteiger partial charge in [-0.3, -0.25) is 18.8 Å². The van der Waals surface area contributed by atoms with E-state index >= 15 is 0 Å². The van der Waals surface area contributed by atoms with Crippen LogP contribution in [0.3, 0.4) is 0 Å². The largest absolute Gasteiger partial charge is 0.345 e. The lowest BCUT2D eigenvalue weighted by atomic mass is 10.0. The topological polar surface area (TPSA) is 86.3 Å². The van der Waals surface area contributed by atoms with Crippen molar-refractivity contribution in [2.45, 2.75) is 6.92 Å². The van der Waals surface area contributed by atoms with Crippen LogP contribution >= 0.6 is 0 Å². The van der Waals surface area contributed by atoms with Crippen molar-refractivity contribution >= 4 is 21.9 Å². The fourth-order valence-corrected chi connectivity index (χ4v) is 4.45. The van der Waals surface area contributed by atoms with Crippen LogP contribution in [0.25, 0.3) is 50.1 Å². The minimum atomic E-state index is -0.122. The molecule has 0 radical (unpaired) electrons. The first-order valence-electron chi connectivity index (χ1n) is 10.6. The number of aromatic nitrogens is 7. The molecule has 4 heterocycles. The van der Waals surface area contributed by atoms with E-state index in [2.05, 4.69) is 56.4 Å². The van der Waals surface area contributed by atoms with Gasteiger partial charge < -0.3 is 4.98 Å². The molecule has 0 aliphatic carbocycles. The van der Waals surface area contributed by atoms with Gasteiger partial charge in [0.05, 0.1) is 34.1 Å². The smallest absolute Gasteiger partial charge is 0.333 e. The van der Waals surface area contributed by atoms with Gasteiger partial charge in [-0.25, -0.2) is 9.78 Å². The van der Waals surface area contributed by atoms with E-state index in [1.165, 1.54) is 0 Å². The maximum Gasteiger partial charge on any atom is 0.333 e. The number of nitrogens with zero attached hydrogens (tertiary/aromatic N) is 6. The molecule has 0 unspecified atom stereocenters. The number of benzene rings is 2. The molecule has 0 fully saturated rings. The van der Waals surface area contributed by atoms with E-state index in [4.69, 9.17) is 0 Å². The SMILES string of the molecule is Cc1nn(C)cc1-n1c(=O)n(C)c2cnc3ccc(-c4ccc(-c5ncc[nH]5)cc4)cc3c21. The Hall–Kier alpha value is -4.46. The van der Waals surface area contributed by atoms with Crippen molar-refractivity contribution < 1.29 is 0 Å². The predicted octanol–water partition coefficient (Wildman–Crippen LogP) is 3.98. The average Bonchev–Trinajstić information content (AvgIpc) is 3.53. The normalized spacial score (nSPS) is 11.6. The summed E-state index contributed by atoms with van der Waals surface area (Å²) in [6, 6.07) is 14.4. The second-order valence-electron chi connectivity index (χ2n) is 8.19. The fraction of sp³-hybridized carbons (Fsp3) is 0.120. The van der Waals surface area contributed by atoms with Gasteiger partial charge in [-0.05, 0) is 30.2 Å². The van der Waals surface area contributed by atoms with Crippen molar-refractivity contribution in [3.8, 4) is 28.2 Å². The quantitative estimate of drug-likeness (QED) is 0.456. The molecule has 0 aliphatic rings. The van der Waals surface area contributed by atoms with Gasteiger partial charge >= 0.3 is 5.69 Å². The van der Waals surface area contributed by atoms with Gasteiger partial charge in [-0.2, -0.15) is 5.10 Å². The molecule has 6 rings (SSSR count). The Morgan fingerprint density at radius 1 is 0.939 bits per heavy atom. The van der Waals surface area contributed by atoms with Gasteiger partial charge in [-0.15, -0.1) is 0 Å². The lowest BCUT2D eigenvalue weighted by Crippen LogP contribution is -2.21. The number of imidazole rings is 2. The van der Waals surface area contributed by atoms with E-state index in [1.54, 1.807) is 33.3 Å². The van der Waals surface area contributed by atoms with Crippen LogP contribution in [0.1, 0.15) is 5.69 Å². The van der Waals surface area contributed by atoms with Gasteiger partial charge in [-0.1, -0.05) is 30.3 Å². The Balaban J connectivity index is 1.59. The Morgan fingerprint density at radius 3 is 2.39 bits per heavy atom. The highest BCUT2D eigenvalue weighted by molar-refractivity contribution is 6.04. The summed E-state index contributed by atoms with van der Waals surface area (Å²) in [6.45, 7) is 1.91. The molecule has 2 aromatic carbocycles. The Kier molecular flexibility index (Phi) is 4.10. The molecule has 0 saturated carbocycles. The first-order valence-corrected chi connectivity index (χ1v) is 10.6. The van der Waals surface area contributed by atoms with E-state index < -0.39 is 0 Å². The first kappa shape index (κ1) is 19.2. The summed E-state index contributed by atoms with van der Waals surface area (Å²) in [5.74, 6) is 0.839. The summed E-state index contributed by atoms with van der Waals surface area (Å²) in [5.41, 5.74) is 7.04. The second kappa shape index (κ2) is 7.03. The zero-order chi connectivity index (χ0) is 22.7. The van der Waals surface area contributed by atoms with Gasteiger partial charge in [0, 0.05) is 43.6 Å². The van der Waals surface area contributed by atoms with Crippen LogP contribution in [0, 0.1) is 6.92 Å². The first-order chi connectivity index (χ1) is 16.0. The maximum atomic E-state index is 13.3. The predicted molar refractivity (Wildman–Crippen MR) is 128 cm³/mol. The number of fused-ring (bicyclic) bond motifs is 3. The minimum absolute atomic E-state index is 0.122. The van der Waals surface area contributed by atoms with E-state index in [0.29, 0.717) is 0 Å². The molecule has 0 amide bonds. The van der Waals surface area contributed by atoms with Gasteiger partial charge in [0.1, 0.15) is 5.82 Å². The number of aromatic amines is 1. The van der Waals surface area contributed by atoms with Gasteiger partial charge in [0.2, 0.25) is 0 Å². The fourth-order valence-electron chi connectivity index (χ4n) is 4.45. The van der Waals surface area contributed by atoms with Crippen molar-refractivity contribution in [3.63, 3.8) is 0 Å². The number of hydrogen-bond acceptors (Lipinski definition) is 4. The lowest BCUT2D eigenvalue weighted by Gasteiger charge is -2.08. The van der Waals surface area contributed by atoms with Crippen LogP contribution in [-0.2, 0) is 14.1 Å². The van der Waals surface area contributed by atoms with Crippen LogP contribution in [0.2, 0.25) is 0 Å². The average molecular weight is 435 g/mol. The van der Waals surface area contributed by atoms with Crippen molar-refractivity contribution in [1.82, 2.24) is 33.9 Å². The summed E-state index contributed by atoms with van der Waals surface area (Å²) in [5, 5.41) is 5.36. The Bertz CT molecular complexity index is 1700. The third-order valence-electron chi connectivity index (χ3n) is 6.10. The van der Waals surface area contributed by atoms with Crippen molar-refractivity contribution in [1.29, 1.82) is 0 Å². The summed E-state index contributed by atoms with van der Waals surface area (Å²) < 4.78 is 5.11. The van der Waals surface area contributed by atoms with Gasteiger partial charge in [0.15, 0.2) is 0 Å². The molecule has 1 N–H and O–H groups in total. The number of hydrogen-bond donors (Lipinski definition) is 1. The van der Waals surface area contributed by atoms with E-state index in [1.807, 2.05) is 32.4 Å². The van der Waals surface area contributed by atoms with Crippen LogP contribution < -0.4 is 5.69 Å². The van der Waals surface area contributed by atoms with E-state index in [9.17, 15) is 4.79 Å². The molecule has 162 valence electrons. The van der Waals surface area contributed by atoms with Crippen LogP contribution in [-0.4, -0.2) is 33.9 Å². The minimum Gasteiger partial charge on any atom is -0.345 e. The molecular formula is C25H21N7O. The standard InChI is InChI=1S/C25H21N7O/c1-15-22(14-30(2)29-15)32-23-19-12-18(8-9-20(19)28-13-21(23)31(3)25(32)33)16-4-6-17(7-5-16)24-26-10-11-27-24/h4-14H,1-3H3,(H,26,27). The number of nitrogens with one attached hydrogen (secondary N) is 1. The van der Waals surface area contributed by atoms with Crippen molar-refractivity contribution in [2.75, 3.05) is 0 Å². The zero-order valence-electron chi connectivity index (χ0n) is 18.4. The Labute approximate surface area is 188 Å². The molecule has 0 spiro atoms. The number of rotatable bonds is 3. The van der Waals surface area contributed by atoms with E-state index in [-0.39, 0.29) is 5.69 Å². The molecule has 0 atom stereocenters. The third kappa shape index (κ3) is 2.91. The molecular weight excluding hydrogens is 414 g/mol. The highest BCUT2D eigenvalue weighted by Crippen LogP contribution is 2.31. The number of H-pyrrole nitrogens is 1. The van der Waals surface area contributed by atoms with Crippen LogP contribution in [0.5, 0.6) is 0 Å². The molecule has 6 aromatic rings. The second-order valence-corrected chi connectivity index (χ2v) is 8.19. The molecule has 0 saturated heterocycles. The molecule has 8 heteroatoms. The van der Waals surface area contributed by atoms with Crippen molar-refractivity contribution in [2.24, 2.45) is 14.1 Å². The highest BCUT2D eigenvalue weighted by atomic mass is 16.1. The molecule has 4 aromatic heterocycles. The Morgan fingerprint density at radius 2 is 1.70 bits per heavy atom. The van der Waals surface area contributed by atoms with Gasteiger partial charge in [0.25, 0.3) is 0 Å². The number of aryl methyl sites for hydroxylation is 3. The van der Waals surface area contributed by atoms with Crippen LogP contribution in [0.4, 0.5) is 0 Å².